The molecule has 7 rings (SSSR count). The molecule has 4 aromatic rings. The van der Waals surface area contributed by atoms with Gasteiger partial charge in [0.1, 0.15) is 0 Å². The van der Waals surface area contributed by atoms with Gasteiger partial charge in [0, 0.05) is 64.3 Å². The number of nitrogens with one attached hydrogen (secondary N) is 1. The van der Waals surface area contributed by atoms with Crippen LogP contribution >= 0.6 is 0 Å². The molecular formula is C39H37N9O9. The molecule has 3 atom stereocenters. The Hall–Kier alpha value is -6.76. The lowest BCUT2D eigenvalue weighted by Crippen LogP contribution is -2.31. The molecule has 0 aliphatic carbocycles. The number of carboxylic acids is 4. The lowest BCUT2D eigenvalue weighted by Gasteiger charge is -2.25. The number of amides is 1. The maximum absolute atomic E-state index is 13.4. The van der Waals surface area contributed by atoms with E-state index in [9.17, 15) is 44.4 Å². The third-order valence-electron chi connectivity index (χ3n) is 9.44. The minimum absolute atomic E-state index is 0.00684. The summed E-state index contributed by atoms with van der Waals surface area (Å²) in [6.45, 7) is 0.586. The van der Waals surface area contributed by atoms with Crippen LogP contribution in [0.25, 0.3) is 11.4 Å². The SMILES string of the molecule is NCCNC(=O)c1cc2nc(c1)CN1Cc3cc(CC(=O)O)cc(n3)C3=NC(=CC(C(=O)O)C3)CN(C2)Cc2cc(C(=O)O)cc(n2)-c2cc(C(=O)O)cc(n2)C1. The number of carbonyl (C=O) groups is 5. The summed E-state index contributed by atoms with van der Waals surface area (Å²) in [5.41, 5.74) is 9.19. The van der Waals surface area contributed by atoms with Crippen molar-refractivity contribution in [3.05, 3.63) is 117 Å². The molecule has 3 unspecified atom stereocenters. The molecule has 57 heavy (non-hydrogen) atoms. The van der Waals surface area contributed by atoms with Crippen LogP contribution in [-0.4, -0.2) is 105 Å². The molecule has 292 valence electrons. The molecule has 12 bridgehead atoms. The number of aliphatic carboxylic acids is 2. The highest BCUT2D eigenvalue weighted by molar-refractivity contribution is 6.02. The molecule has 0 saturated carbocycles. The fourth-order valence-corrected chi connectivity index (χ4v) is 7.11. The highest BCUT2D eigenvalue weighted by Gasteiger charge is 2.28. The Balaban J connectivity index is 1.51. The van der Waals surface area contributed by atoms with Crippen molar-refractivity contribution in [2.24, 2.45) is 16.6 Å². The number of fused-ring (bicyclic) bond motifs is 11. The molecular weight excluding hydrogens is 738 g/mol. The first-order valence-electron chi connectivity index (χ1n) is 17.9. The second-order valence-electron chi connectivity index (χ2n) is 14.0. The van der Waals surface area contributed by atoms with E-state index in [0.29, 0.717) is 39.7 Å². The number of aromatic carboxylic acids is 2. The Kier molecular flexibility index (Phi) is 10.9. The van der Waals surface area contributed by atoms with E-state index in [4.69, 9.17) is 30.7 Å². The van der Waals surface area contributed by atoms with Gasteiger partial charge in [-0.2, -0.15) is 0 Å². The van der Waals surface area contributed by atoms with E-state index in [0.717, 1.165) is 0 Å². The fraction of sp³-hybridized carbons (Fsp3) is 0.282. The van der Waals surface area contributed by atoms with Gasteiger partial charge in [0.15, 0.2) is 0 Å². The van der Waals surface area contributed by atoms with Gasteiger partial charge in [-0.15, -0.1) is 0 Å². The Labute approximate surface area is 324 Å². The second kappa shape index (κ2) is 16.1. The van der Waals surface area contributed by atoms with Crippen molar-refractivity contribution in [3.8, 4) is 11.4 Å². The molecule has 18 heteroatoms. The first-order chi connectivity index (χ1) is 27.3. The first-order valence-corrected chi connectivity index (χ1v) is 17.9. The number of hydrogen-bond acceptors (Lipinski definition) is 13. The lowest BCUT2D eigenvalue weighted by atomic mass is 9.94. The molecule has 18 nitrogen and oxygen atoms in total. The maximum atomic E-state index is 13.4. The van der Waals surface area contributed by atoms with Crippen LogP contribution < -0.4 is 11.1 Å². The Morgan fingerprint density at radius 2 is 1.16 bits per heavy atom. The van der Waals surface area contributed by atoms with Gasteiger partial charge in [0.25, 0.3) is 5.91 Å². The van der Waals surface area contributed by atoms with Crippen LogP contribution in [0.1, 0.15) is 77.2 Å². The fourth-order valence-electron chi connectivity index (χ4n) is 7.11. The number of nitrogens with zero attached hydrogens (tertiary/aromatic N) is 7. The Morgan fingerprint density at radius 1 is 0.649 bits per heavy atom. The van der Waals surface area contributed by atoms with Crippen LogP contribution in [0.4, 0.5) is 0 Å². The van der Waals surface area contributed by atoms with Gasteiger partial charge >= 0.3 is 23.9 Å². The number of carboxylic acid groups (broad SMARTS) is 4. The predicted molar refractivity (Wildman–Crippen MR) is 200 cm³/mol. The highest BCUT2D eigenvalue weighted by Crippen LogP contribution is 2.28. The third kappa shape index (κ3) is 9.21. The van der Waals surface area contributed by atoms with E-state index in [1.165, 1.54) is 30.3 Å². The van der Waals surface area contributed by atoms with Crippen LogP contribution in [0.2, 0.25) is 0 Å². The number of aromatic nitrogens is 4. The Morgan fingerprint density at radius 3 is 1.68 bits per heavy atom. The van der Waals surface area contributed by atoms with Crippen LogP contribution in [0.5, 0.6) is 0 Å². The zero-order valence-corrected chi connectivity index (χ0v) is 30.4. The van der Waals surface area contributed by atoms with Gasteiger partial charge in [-0.05, 0) is 60.2 Å². The first kappa shape index (κ1) is 38.5. The minimum Gasteiger partial charge on any atom is -0.481 e. The van der Waals surface area contributed by atoms with Crippen molar-refractivity contribution in [3.63, 3.8) is 0 Å². The van der Waals surface area contributed by atoms with E-state index >= 15 is 0 Å². The summed E-state index contributed by atoms with van der Waals surface area (Å²) in [7, 11) is 0. The maximum Gasteiger partial charge on any atom is 0.335 e. The summed E-state index contributed by atoms with van der Waals surface area (Å²) in [4.78, 5) is 90.7. The normalized spacial score (nSPS) is 18.6. The van der Waals surface area contributed by atoms with Gasteiger partial charge in [0.05, 0.1) is 80.4 Å². The number of hydrogen-bond donors (Lipinski definition) is 6. The average molecular weight is 776 g/mol. The molecule has 0 radical (unpaired) electrons. The van der Waals surface area contributed by atoms with Crippen molar-refractivity contribution in [1.82, 2.24) is 35.1 Å². The quantitative estimate of drug-likeness (QED) is 0.149. The van der Waals surface area contributed by atoms with Crippen molar-refractivity contribution in [2.75, 3.05) is 19.6 Å². The van der Waals surface area contributed by atoms with Crippen molar-refractivity contribution in [2.45, 2.75) is 45.6 Å². The molecule has 0 spiro atoms. The van der Waals surface area contributed by atoms with Crippen LogP contribution in [0, 0.1) is 5.92 Å². The predicted octanol–water partition coefficient (Wildman–Crippen LogP) is 1.95. The second-order valence-corrected chi connectivity index (χ2v) is 14.0. The smallest absolute Gasteiger partial charge is 0.335 e. The van der Waals surface area contributed by atoms with E-state index in [1.807, 2.05) is 9.80 Å². The van der Waals surface area contributed by atoms with Gasteiger partial charge in [-0.1, -0.05) is 0 Å². The third-order valence-corrected chi connectivity index (χ3v) is 9.44. The summed E-state index contributed by atoms with van der Waals surface area (Å²) < 4.78 is 0. The number of aliphatic imine (C=N–C) groups is 1. The number of rotatable bonds is 8. The zero-order chi connectivity index (χ0) is 40.4. The summed E-state index contributed by atoms with van der Waals surface area (Å²) in [6, 6.07) is 11.9. The molecule has 0 aromatic carbocycles. The molecule has 0 fully saturated rings. The molecule has 1 amide bonds. The molecule has 7 N–H and O–H groups in total. The average Bonchev–Trinajstić information content (AvgIpc) is 3.15. The standard InChI is InChI=1S/C39H37N9O9/c40-1-2-41-36(51)21-6-26-15-47-14-25-3-20(5-35(49)50)4-31(43-25)32-11-22(37(52)53)8-28(44-32)18-48(16-27(7-21)42-26)19-30-10-24(39(56)57)13-34(46-30)33-12-23(38(54)55)9-29(17-47)45-33/h3-4,6-10,12-13,22H,1-2,5,11,14-19,40H2,(H,41,51)(H,49,50)(H,52,53)(H,54,55)(H,56,57). The summed E-state index contributed by atoms with van der Waals surface area (Å²) in [5, 5.41) is 43.1. The van der Waals surface area contributed by atoms with Gasteiger partial charge in [-0.3, -0.25) is 39.1 Å². The van der Waals surface area contributed by atoms with E-state index in [-0.39, 0.29) is 105 Å². The van der Waals surface area contributed by atoms with Crippen molar-refractivity contribution < 1.29 is 44.4 Å². The van der Waals surface area contributed by atoms with Gasteiger partial charge in [0.2, 0.25) is 0 Å². The number of nitrogens with two attached hydrogens (primary N) is 1. The Bertz CT molecular complexity index is 2400. The number of carbonyl (C=O) groups excluding carboxylic acids is 1. The molecule has 4 aromatic heterocycles. The van der Waals surface area contributed by atoms with Crippen LogP contribution in [0.15, 0.2) is 65.3 Å². The van der Waals surface area contributed by atoms with Crippen LogP contribution in [-0.2, 0) is 48.7 Å². The molecule has 3 aliphatic heterocycles. The van der Waals surface area contributed by atoms with E-state index < -0.39 is 35.7 Å². The zero-order valence-electron chi connectivity index (χ0n) is 30.4. The monoisotopic (exact) mass is 775 g/mol. The summed E-state index contributed by atoms with van der Waals surface area (Å²) in [5.74, 6) is -6.09. The molecule has 3 aliphatic rings. The van der Waals surface area contributed by atoms with Crippen molar-refractivity contribution >= 4 is 35.5 Å². The van der Waals surface area contributed by atoms with Gasteiger partial charge < -0.3 is 31.5 Å². The largest absolute Gasteiger partial charge is 0.481 e. The highest BCUT2D eigenvalue weighted by atomic mass is 16.4. The minimum atomic E-state index is -1.25. The molecule has 0 saturated heterocycles. The lowest BCUT2D eigenvalue weighted by molar-refractivity contribution is -0.140. The summed E-state index contributed by atoms with van der Waals surface area (Å²) >= 11 is 0. The molecule has 7 heterocycles. The van der Waals surface area contributed by atoms with Crippen molar-refractivity contribution in [1.29, 1.82) is 0 Å². The van der Waals surface area contributed by atoms with Gasteiger partial charge in [-0.25, -0.2) is 19.6 Å². The van der Waals surface area contributed by atoms with E-state index in [1.54, 1.807) is 24.3 Å². The van der Waals surface area contributed by atoms with Crippen LogP contribution in [0.3, 0.4) is 0 Å². The summed E-state index contributed by atoms with van der Waals surface area (Å²) in [6.07, 6.45) is 1.16. The number of pyridine rings is 4. The van der Waals surface area contributed by atoms with E-state index in [2.05, 4.69) is 5.32 Å². The topological polar surface area (TPSA) is 275 Å².